The molecule has 1 aromatic heterocycles. The van der Waals surface area contributed by atoms with Crippen molar-refractivity contribution in [1.82, 2.24) is 14.8 Å². The monoisotopic (exact) mass is 341 g/mol. The zero-order chi connectivity index (χ0) is 17.2. The van der Waals surface area contributed by atoms with Crippen LogP contribution in [0.2, 0.25) is 0 Å². The van der Waals surface area contributed by atoms with Crippen LogP contribution >= 0.6 is 0 Å². The van der Waals surface area contributed by atoms with Gasteiger partial charge in [0.05, 0.1) is 0 Å². The minimum absolute atomic E-state index is 0.0763. The maximum absolute atomic E-state index is 14.5. The van der Waals surface area contributed by atoms with Crippen molar-refractivity contribution in [2.45, 2.75) is 50.7 Å². The summed E-state index contributed by atoms with van der Waals surface area (Å²) < 4.78 is 16.6. The van der Waals surface area contributed by atoms with Gasteiger partial charge in [-0.2, -0.15) is 0 Å². The molecular weight excluding hydrogens is 317 g/mol. The Bertz CT molecular complexity index is 751. The second kappa shape index (κ2) is 6.90. The number of urea groups is 1. The van der Waals surface area contributed by atoms with E-state index >= 15 is 0 Å². The molecule has 1 aliphatic carbocycles. The number of hydrogen-bond acceptors (Lipinski definition) is 1. The fourth-order valence-corrected chi connectivity index (χ4v) is 4.13. The van der Waals surface area contributed by atoms with E-state index in [1.807, 2.05) is 24.4 Å². The van der Waals surface area contributed by atoms with E-state index in [0.717, 1.165) is 25.1 Å². The van der Waals surface area contributed by atoms with Gasteiger partial charge in [-0.1, -0.05) is 37.5 Å². The molecule has 5 heteroatoms. The molecule has 1 aliphatic heterocycles. The van der Waals surface area contributed by atoms with Gasteiger partial charge < -0.3 is 14.8 Å². The topological polar surface area (TPSA) is 37.3 Å². The lowest BCUT2D eigenvalue weighted by atomic mass is 9.95. The molecule has 1 aromatic carbocycles. The third kappa shape index (κ3) is 3.15. The van der Waals surface area contributed by atoms with Gasteiger partial charge in [-0.05, 0) is 31.0 Å². The number of carbonyl (C=O) groups is 1. The van der Waals surface area contributed by atoms with Crippen molar-refractivity contribution in [2.24, 2.45) is 0 Å². The van der Waals surface area contributed by atoms with E-state index in [1.165, 1.54) is 25.3 Å². The van der Waals surface area contributed by atoms with Crippen molar-refractivity contribution < 1.29 is 9.18 Å². The first kappa shape index (κ1) is 16.2. The highest BCUT2D eigenvalue weighted by Crippen LogP contribution is 2.34. The lowest BCUT2D eigenvalue weighted by Gasteiger charge is -2.38. The Balaban J connectivity index is 1.64. The molecule has 2 heterocycles. The molecule has 4 rings (SSSR count). The number of amides is 2. The predicted molar refractivity (Wildman–Crippen MR) is 94.8 cm³/mol. The van der Waals surface area contributed by atoms with Gasteiger partial charge in [0, 0.05) is 36.6 Å². The van der Waals surface area contributed by atoms with Crippen LogP contribution in [-0.4, -0.2) is 28.1 Å². The SMILES string of the molecule is O=C(NC1CCCCC1)N1CCn2cccc2[C@H]1c1ccccc1F. The van der Waals surface area contributed by atoms with E-state index in [-0.39, 0.29) is 23.9 Å². The minimum atomic E-state index is -0.381. The van der Waals surface area contributed by atoms with Crippen LogP contribution in [0.15, 0.2) is 42.6 Å². The summed E-state index contributed by atoms with van der Waals surface area (Å²) in [5.41, 5.74) is 1.52. The standard InChI is InChI=1S/C20H24FN3O/c21-17-10-5-4-9-16(17)19-18-11-6-12-23(18)13-14-24(19)20(25)22-15-7-2-1-3-8-15/h4-6,9-12,15,19H,1-3,7-8,13-14H2,(H,22,25)/t19-/m1/s1. The molecule has 1 saturated carbocycles. The summed E-state index contributed by atoms with van der Waals surface area (Å²) in [6, 6.07) is 10.5. The summed E-state index contributed by atoms with van der Waals surface area (Å²) in [7, 11) is 0. The van der Waals surface area contributed by atoms with Gasteiger partial charge in [0.15, 0.2) is 0 Å². The van der Waals surface area contributed by atoms with Crippen LogP contribution in [-0.2, 0) is 6.54 Å². The number of halogens is 1. The molecule has 0 unspecified atom stereocenters. The first-order valence-corrected chi connectivity index (χ1v) is 9.20. The Labute approximate surface area is 147 Å². The average molecular weight is 341 g/mol. The second-order valence-corrected chi connectivity index (χ2v) is 7.03. The number of carbonyl (C=O) groups excluding carboxylic acids is 1. The lowest BCUT2D eigenvalue weighted by Crippen LogP contribution is -2.50. The summed E-state index contributed by atoms with van der Waals surface area (Å²) in [5, 5.41) is 3.19. The van der Waals surface area contributed by atoms with Crippen LogP contribution in [0.25, 0.3) is 0 Å². The molecule has 4 nitrogen and oxygen atoms in total. The van der Waals surface area contributed by atoms with Crippen molar-refractivity contribution in [3.8, 4) is 0 Å². The molecular formula is C20H24FN3O. The van der Waals surface area contributed by atoms with Crippen LogP contribution < -0.4 is 5.32 Å². The molecule has 2 amide bonds. The zero-order valence-corrected chi connectivity index (χ0v) is 14.3. The number of hydrogen-bond donors (Lipinski definition) is 1. The smallest absolute Gasteiger partial charge is 0.318 e. The molecule has 2 aliphatic rings. The molecule has 1 atom stereocenters. The molecule has 0 radical (unpaired) electrons. The lowest BCUT2D eigenvalue weighted by molar-refractivity contribution is 0.161. The Morgan fingerprint density at radius 1 is 1.04 bits per heavy atom. The van der Waals surface area contributed by atoms with Crippen molar-refractivity contribution >= 4 is 6.03 Å². The van der Waals surface area contributed by atoms with Gasteiger partial charge in [0.1, 0.15) is 11.9 Å². The number of nitrogens with one attached hydrogen (secondary N) is 1. The minimum Gasteiger partial charge on any atom is -0.348 e. The first-order valence-electron chi connectivity index (χ1n) is 9.20. The normalized spacial score (nSPS) is 21.0. The maximum Gasteiger partial charge on any atom is 0.318 e. The fourth-order valence-electron chi connectivity index (χ4n) is 4.13. The van der Waals surface area contributed by atoms with E-state index in [9.17, 15) is 9.18 Å². The van der Waals surface area contributed by atoms with Gasteiger partial charge >= 0.3 is 6.03 Å². The van der Waals surface area contributed by atoms with E-state index in [4.69, 9.17) is 0 Å². The quantitative estimate of drug-likeness (QED) is 0.878. The molecule has 1 fully saturated rings. The van der Waals surface area contributed by atoms with Crippen LogP contribution in [0.4, 0.5) is 9.18 Å². The fraction of sp³-hybridized carbons (Fsp3) is 0.450. The average Bonchev–Trinajstić information content (AvgIpc) is 3.11. The number of rotatable bonds is 2. The summed E-state index contributed by atoms with van der Waals surface area (Å²) in [6.07, 6.45) is 7.68. The van der Waals surface area contributed by atoms with E-state index in [0.29, 0.717) is 12.1 Å². The van der Waals surface area contributed by atoms with Crippen LogP contribution in [0.5, 0.6) is 0 Å². The number of fused-ring (bicyclic) bond motifs is 1. The highest BCUT2D eigenvalue weighted by molar-refractivity contribution is 5.76. The Hall–Kier alpha value is -2.30. The van der Waals surface area contributed by atoms with E-state index in [1.54, 1.807) is 17.0 Å². The number of benzene rings is 1. The van der Waals surface area contributed by atoms with Crippen molar-refractivity contribution in [3.05, 3.63) is 59.7 Å². The Morgan fingerprint density at radius 3 is 2.64 bits per heavy atom. The molecule has 0 spiro atoms. The number of nitrogens with zero attached hydrogens (tertiary/aromatic N) is 2. The van der Waals surface area contributed by atoms with Crippen LogP contribution in [0.3, 0.4) is 0 Å². The molecule has 1 N–H and O–H groups in total. The number of aromatic nitrogens is 1. The van der Waals surface area contributed by atoms with Crippen molar-refractivity contribution in [1.29, 1.82) is 0 Å². The maximum atomic E-state index is 14.5. The Kier molecular flexibility index (Phi) is 4.47. The van der Waals surface area contributed by atoms with Gasteiger partial charge in [-0.25, -0.2) is 9.18 Å². The molecule has 0 saturated heterocycles. The van der Waals surface area contributed by atoms with Crippen LogP contribution in [0, 0.1) is 5.82 Å². The summed E-state index contributed by atoms with van der Waals surface area (Å²) >= 11 is 0. The van der Waals surface area contributed by atoms with E-state index in [2.05, 4.69) is 9.88 Å². The molecule has 2 aromatic rings. The summed E-state index contributed by atoms with van der Waals surface area (Å²) in [6.45, 7) is 1.32. The molecule has 132 valence electrons. The van der Waals surface area contributed by atoms with E-state index < -0.39 is 0 Å². The van der Waals surface area contributed by atoms with Gasteiger partial charge in [0.2, 0.25) is 0 Å². The highest BCUT2D eigenvalue weighted by atomic mass is 19.1. The summed E-state index contributed by atoms with van der Waals surface area (Å²) in [4.78, 5) is 14.8. The van der Waals surface area contributed by atoms with Crippen molar-refractivity contribution in [2.75, 3.05) is 6.54 Å². The van der Waals surface area contributed by atoms with Crippen LogP contribution in [0.1, 0.15) is 49.4 Å². The summed E-state index contributed by atoms with van der Waals surface area (Å²) in [5.74, 6) is -0.266. The van der Waals surface area contributed by atoms with Gasteiger partial charge in [0.25, 0.3) is 0 Å². The van der Waals surface area contributed by atoms with Crippen molar-refractivity contribution in [3.63, 3.8) is 0 Å². The predicted octanol–water partition coefficient (Wildman–Crippen LogP) is 4.07. The third-order valence-corrected chi connectivity index (χ3v) is 5.43. The molecule has 0 bridgehead atoms. The van der Waals surface area contributed by atoms with Gasteiger partial charge in [-0.3, -0.25) is 0 Å². The first-order chi connectivity index (χ1) is 12.2. The largest absolute Gasteiger partial charge is 0.348 e. The Morgan fingerprint density at radius 2 is 1.84 bits per heavy atom. The highest BCUT2D eigenvalue weighted by Gasteiger charge is 2.34. The van der Waals surface area contributed by atoms with Gasteiger partial charge in [-0.15, -0.1) is 0 Å². The zero-order valence-electron chi connectivity index (χ0n) is 14.3. The third-order valence-electron chi connectivity index (χ3n) is 5.43. The molecule has 25 heavy (non-hydrogen) atoms. The second-order valence-electron chi connectivity index (χ2n) is 7.03.